The molecule has 1 aromatic rings. The molecule has 0 saturated carbocycles. The first-order valence-corrected chi connectivity index (χ1v) is 5.65. The maximum atomic E-state index is 13.3. The first-order valence-electron chi connectivity index (χ1n) is 4.40. The first kappa shape index (κ1) is 14.3. The normalized spacial score (nSPS) is 13.5. The lowest BCUT2D eigenvalue weighted by Crippen LogP contribution is -2.04. The van der Waals surface area contributed by atoms with Gasteiger partial charge in [-0.3, -0.25) is 4.79 Å². The van der Waals surface area contributed by atoms with Gasteiger partial charge in [-0.05, 0) is 36.4 Å². The summed E-state index contributed by atoms with van der Waals surface area (Å²) in [6, 6.07) is 3.00. The fourth-order valence-electron chi connectivity index (χ4n) is 1.12. The van der Waals surface area contributed by atoms with E-state index in [0.29, 0.717) is 0 Å². The Hall–Kier alpha value is -0.750. The van der Waals surface area contributed by atoms with Gasteiger partial charge >= 0.3 is 5.51 Å². The van der Waals surface area contributed by atoms with E-state index in [9.17, 15) is 22.4 Å². The molecule has 7 heteroatoms. The molecular weight excluding hydrogens is 280 g/mol. The molecular formula is C10H7ClF4OS. The SMILES string of the molecule is CC(=O)C(Cl)c1ccc(SC(F)(F)F)c(F)c1. The van der Waals surface area contributed by atoms with Gasteiger partial charge in [-0.15, -0.1) is 11.6 Å². The number of carbonyl (C=O) groups excluding carboxylic acids is 1. The number of ketones is 1. The van der Waals surface area contributed by atoms with Crippen molar-refractivity contribution in [3.63, 3.8) is 0 Å². The zero-order valence-electron chi connectivity index (χ0n) is 8.52. The lowest BCUT2D eigenvalue weighted by molar-refractivity contribution is -0.116. The van der Waals surface area contributed by atoms with E-state index >= 15 is 0 Å². The fourth-order valence-corrected chi connectivity index (χ4v) is 1.79. The predicted molar refractivity (Wildman–Crippen MR) is 57.6 cm³/mol. The smallest absolute Gasteiger partial charge is 0.298 e. The van der Waals surface area contributed by atoms with Crippen LogP contribution in [0.4, 0.5) is 17.6 Å². The highest BCUT2D eigenvalue weighted by Gasteiger charge is 2.31. The van der Waals surface area contributed by atoms with Gasteiger partial charge in [0.2, 0.25) is 0 Å². The Bertz CT molecular complexity index is 433. The second kappa shape index (κ2) is 5.27. The third-order valence-corrected chi connectivity index (χ3v) is 3.17. The quantitative estimate of drug-likeness (QED) is 0.468. The molecule has 0 aliphatic heterocycles. The minimum atomic E-state index is -4.55. The Balaban J connectivity index is 2.98. The van der Waals surface area contributed by atoms with Crippen molar-refractivity contribution in [1.82, 2.24) is 0 Å². The van der Waals surface area contributed by atoms with Gasteiger partial charge in [-0.2, -0.15) is 13.2 Å². The summed E-state index contributed by atoms with van der Waals surface area (Å²) in [5.41, 5.74) is -4.41. The van der Waals surface area contributed by atoms with Crippen molar-refractivity contribution in [2.75, 3.05) is 0 Å². The summed E-state index contributed by atoms with van der Waals surface area (Å²) in [5.74, 6) is -1.45. The lowest BCUT2D eigenvalue weighted by atomic mass is 10.1. The number of thioether (sulfide) groups is 1. The standard InChI is InChI=1S/C10H7ClF4OS/c1-5(16)9(11)6-2-3-8(7(12)4-6)17-10(13,14)15/h2-4,9H,1H3. The van der Waals surface area contributed by atoms with Crippen LogP contribution in [-0.2, 0) is 4.79 Å². The molecule has 0 radical (unpaired) electrons. The average molecular weight is 287 g/mol. The van der Waals surface area contributed by atoms with Crippen molar-refractivity contribution in [2.45, 2.75) is 22.7 Å². The molecule has 0 fully saturated rings. The zero-order chi connectivity index (χ0) is 13.2. The van der Waals surface area contributed by atoms with E-state index < -0.39 is 39.1 Å². The number of benzene rings is 1. The van der Waals surface area contributed by atoms with Crippen molar-refractivity contribution in [3.05, 3.63) is 29.6 Å². The highest BCUT2D eigenvalue weighted by Crippen LogP contribution is 2.38. The molecule has 0 amide bonds. The number of halogens is 5. The van der Waals surface area contributed by atoms with Crippen molar-refractivity contribution < 1.29 is 22.4 Å². The van der Waals surface area contributed by atoms with Gasteiger partial charge in [0.05, 0.1) is 4.90 Å². The maximum Gasteiger partial charge on any atom is 0.446 e. The van der Waals surface area contributed by atoms with Gasteiger partial charge in [0.1, 0.15) is 11.2 Å². The van der Waals surface area contributed by atoms with E-state index in [1.54, 1.807) is 0 Å². The Kier molecular flexibility index (Phi) is 4.43. The molecule has 94 valence electrons. The third-order valence-electron chi connectivity index (χ3n) is 1.83. The van der Waals surface area contributed by atoms with Gasteiger partial charge in [-0.25, -0.2) is 4.39 Å². The van der Waals surface area contributed by atoms with Gasteiger partial charge in [0.25, 0.3) is 0 Å². The number of alkyl halides is 4. The van der Waals surface area contributed by atoms with Gasteiger partial charge in [0, 0.05) is 0 Å². The molecule has 0 N–H and O–H groups in total. The number of carbonyl (C=O) groups is 1. The van der Waals surface area contributed by atoms with E-state index in [4.69, 9.17) is 11.6 Å². The van der Waals surface area contributed by atoms with Gasteiger partial charge < -0.3 is 0 Å². The van der Waals surface area contributed by atoms with Crippen LogP contribution >= 0.6 is 23.4 Å². The first-order chi connectivity index (χ1) is 7.70. The molecule has 1 nitrogen and oxygen atoms in total. The summed E-state index contributed by atoms with van der Waals surface area (Å²) >= 11 is 5.11. The number of Topliss-reactive ketones (excluding diaryl/α,β-unsaturated/α-hetero) is 1. The molecule has 0 aliphatic rings. The second-order valence-corrected chi connectivity index (χ2v) is 4.75. The summed E-state index contributed by atoms with van der Waals surface area (Å²) < 4.78 is 49.4. The van der Waals surface area contributed by atoms with E-state index in [-0.39, 0.29) is 5.56 Å². The summed E-state index contributed by atoms with van der Waals surface area (Å²) in [6.07, 6.45) is 0. The highest BCUT2D eigenvalue weighted by molar-refractivity contribution is 8.00. The van der Waals surface area contributed by atoms with Crippen molar-refractivity contribution in [1.29, 1.82) is 0 Å². The Morgan fingerprint density at radius 2 is 2.00 bits per heavy atom. The van der Waals surface area contributed by atoms with Crippen LogP contribution in [0.2, 0.25) is 0 Å². The molecule has 1 aromatic carbocycles. The molecule has 0 spiro atoms. The van der Waals surface area contributed by atoms with Crippen LogP contribution in [0.25, 0.3) is 0 Å². The maximum absolute atomic E-state index is 13.3. The molecule has 1 unspecified atom stereocenters. The molecule has 1 atom stereocenters. The van der Waals surface area contributed by atoms with E-state index in [2.05, 4.69) is 0 Å². The van der Waals surface area contributed by atoms with E-state index in [1.807, 2.05) is 0 Å². The number of rotatable bonds is 3. The topological polar surface area (TPSA) is 17.1 Å². The lowest BCUT2D eigenvalue weighted by Gasteiger charge is -2.10. The van der Waals surface area contributed by atoms with Crippen molar-refractivity contribution in [2.24, 2.45) is 0 Å². The number of hydrogen-bond acceptors (Lipinski definition) is 2. The van der Waals surface area contributed by atoms with Crippen LogP contribution in [0.15, 0.2) is 23.1 Å². The Morgan fingerprint density at radius 1 is 1.41 bits per heavy atom. The Labute approximate surface area is 104 Å². The van der Waals surface area contributed by atoms with E-state index in [0.717, 1.165) is 12.1 Å². The van der Waals surface area contributed by atoms with Gasteiger partial charge in [0.15, 0.2) is 5.78 Å². The molecule has 17 heavy (non-hydrogen) atoms. The van der Waals surface area contributed by atoms with Crippen LogP contribution in [-0.4, -0.2) is 11.3 Å². The van der Waals surface area contributed by atoms with Crippen molar-refractivity contribution in [3.8, 4) is 0 Å². The van der Waals surface area contributed by atoms with Crippen LogP contribution < -0.4 is 0 Å². The Morgan fingerprint density at radius 3 is 2.41 bits per heavy atom. The summed E-state index contributed by atoms with van der Waals surface area (Å²) in [4.78, 5) is 10.4. The summed E-state index contributed by atoms with van der Waals surface area (Å²) in [6.45, 7) is 1.22. The molecule has 0 saturated heterocycles. The zero-order valence-corrected chi connectivity index (χ0v) is 10.1. The molecule has 0 heterocycles. The summed E-state index contributed by atoms with van der Waals surface area (Å²) in [5, 5.41) is -1.05. The van der Waals surface area contributed by atoms with Crippen LogP contribution in [0.5, 0.6) is 0 Å². The predicted octanol–water partition coefficient (Wildman–Crippen LogP) is 4.31. The molecule has 0 bridgehead atoms. The van der Waals surface area contributed by atoms with Crippen LogP contribution in [0.1, 0.15) is 17.9 Å². The summed E-state index contributed by atoms with van der Waals surface area (Å²) in [7, 11) is 0. The van der Waals surface area contributed by atoms with Gasteiger partial charge in [-0.1, -0.05) is 6.07 Å². The third kappa shape index (κ3) is 4.20. The van der Waals surface area contributed by atoms with Crippen LogP contribution in [0.3, 0.4) is 0 Å². The fraction of sp³-hybridized carbons (Fsp3) is 0.300. The minimum Gasteiger partial charge on any atom is -0.298 e. The highest BCUT2D eigenvalue weighted by atomic mass is 35.5. The van der Waals surface area contributed by atoms with Crippen molar-refractivity contribution >= 4 is 29.1 Å². The average Bonchev–Trinajstić information content (AvgIpc) is 2.18. The van der Waals surface area contributed by atoms with E-state index in [1.165, 1.54) is 13.0 Å². The largest absolute Gasteiger partial charge is 0.446 e. The monoisotopic (exact) mass is 286 g/mol. The number of hydrogen-bond donors (Lipinski definition) is 0. The minimum absolute atomic E-state index is 0.142. The molecule has 0 aromatic heterocycles. The second-order valence-electron chi connectivity index (χ2n) is 3.21. The van der Waals surface area contributed by atoms with Crippen LogP contribution in [0, 0.1) is 5.82 Å². The molecule has 0 aliphatic carbocycles. The molecule has 1 rings (SSSR count).